The summed E-state index contributed by atoms with van der Waals surface area (Å²) in [5.41, 5.74) is 2.69. The fourth-order valence-electron chi connectivity index (χ4n) is 3.16. The summed E-state index contributed by atoms with van der Waals surface area (Å²) >= 11 is 0. The van der Waals surface area contributed by atoms with E-state index in [9.17, 15) is 4.79 Å². The summed E-state index contributed by atoms with van der Waals surface area (Å²) in [6.07, 6.45) is 3.63. The van der Waals surface area contributed by atoms with Crippen LogP contribution in [0.2, 0.25) is 0 Å². The van der Waals surface area contributed by atoms with Crippen LogP contribution in [0.4, 0.5) is 0 Å². The molecular weight excluding hydrogens is 418 g/mol. The predicted octanol–water partition coefficient (Wildman–Crippen LogP) is 4.66. The molecule has 0 unspecified atom stereocenters. The van der Waals surface area contributed by atoms with E-state index in [1.165, 1.54) is 0 Å². The minimum absolute atomic E-state index is 0.0648. The standard InChI is InChI=1S/C26H27N3O4/c1-26(2,3)22-16-29(28-27-22)15-14-21-23(31-17-19-10-6-4-7-11-19)24(25(30)33-21)32-18-20-12-8-5-9-13-20/h4-14,16H,15,17-18H2,1-3H3/b21-14-. The van der Waals surface area contributed by atoms with Crippen LogP contribution in [0.5, 0.6) is 0 Å². The largest absolute Gasteiger partial charge is 0.481 e. The molecule has 1 aliphatic rings. The predicted molar refractivity (Wildman–Crippen MR) is 122 cm³/mol. The van der Waals surface area contributed by atoms with E-state index in [0.29, 0.717) is 12.3 Å². The topological polar surface area (TPSA) is 75.5 Å². The lowest BCUT2D eigenvalue weighted by atomic mass is 9.93. The Labute approximate surface area is 193 Å². The Bertz CT molecular complexity index is 1160. The molecule has 0 atom stereocenters. The summed E-state index contributed by atoms with van der Waals surface area (Å²) in [7, 11) is 0. The molecule has 7 nitrogen and oxygen atoms in total. The van der Waals surface area contributed by atoms with E-state index in [0.717, 1.165) is 16.8 Å². The molecule has 0 aliphatic carbocycles. The number of allylic oxidation sites excluding steroid dienone is 1. The molecule has 2 heterocycles. The van der Waals surface area contributed by atoms with Gasteiger partial charge in [-0.05, 0) is 17.2 Å². The Morgan fingerprint density at radius 2 is 1.48 bits per heavy atom. The molecule has 0 bridgehead atoms. The maximum Gasteiger partial charge on any atom is 0.383 e. The second kappa shape index (κ2) is 9.73. The molecule has 7 heteroatoms. The number of benzene rings is 2. The third-order valence-corrected chi connectivity index (χ3v) is 5.04. The number of rotatable bonds is 8. The van der Waals surface area contributed by atoms with Crippen molar-refractivity contribution in [3.63, 3.8) is 0 Å². The van der Waals surface area contributed by atoms with Gasteiger partial charge in [0, 0.05) is 11.6 Å². The molecule has 170 valence electrons. The van der Waals surface area contributed by atoms with Gasteiger partial charge in [0.2, 0.25) is 5.76 Å². The minimum Gasteiger partial charge on any atom is -0.481 e. The smallest absolute Gasteiger partial charge is 0.383 e. The third kappa shape index (κ3) is 5.68. The third-order valence-electron chi connectivity index (χ3n) is 5.04. The fraction of sp³-hybridized carbons (Fsp3) is 0.269. The van der Waals surface area contributed by atoms with Crippen LogP contribution < -0.4 is 0 Å². The summed E-state index contributed by atoms with van der Waals surface area (Å²) in [6.45, 7) is 7.11. The zero-order valence-electron chi connectivity index (χ0n) is 19.0. The molecule has 1 aliphatic heterocycles. The zero-order chi connectivity index (χ0) is 23.3. The molecule has 0 amide bonds. The van der Waals surface area contributed by atoms with Gasteiger partial charge in [0.05, 0.1) is 12.2 Å². The molecule has 0 radical (unpaired) electrons. The molecule has 0 saturated carbocycles. The van der Waals surface area contributed by atoms with Crippen molar-refractivity contribution in [1.82, 2.24) is 15.0 Å². The number of aromatic nitrogens is 3. The van der Waals surface area contributed by atoms with Gasteiger partial charge in [0.15, 0.2) is 5.76 Å². The fourth-order valence-corrected chi connectivity index (χ4v) is 3.16. The molecule has 1 aromatic heterocycles. The van der Waals surface area contributed by atoms with Gasteiger partial charge >= 0.3 is 5.97 Å². The van der Waals surface area contributed by atoms with Crippen molar-refractivity contribution in [2.24, 2.45) is 0 Å². The van der Waals surface area contributed by atoms with Gasteiger partial charge in [0.25, 0.3) is 5.76 Å². The van der Waals surface area contributed by atoms with Gasteiger partial charge in [-0.25, -0.2) is 9.48 Å². The van der Waals surface area contributed by atoms with Crippen LogP contribution in [0.3, 0.4) is 0 Å². The first-order valence-corrected chi connectivity index (χ1v) is 10.8. The molecule has 2 aromatic carbocycles. The van der Waals surface area contributed by atoms with Crippen LogP contribution >= 0.6 is 0 Å². The Morgan fingerprint density at radius 3 is 2.03 bits per heavy atom. The second-order valence-electron chi connectivity index (χ2n) is 8.74. The van der Waals surface area contributed by atoms with E-state index < -0.39 is 5.97 Å². The number of cyclic esters (lactones) is 1. The van der Waals surface area contributed by atoms with Gasteiger partial charge in [-0.15, -0.1) is 5.10 Å². The normalized spacial score (nSPS) is 15.1. The average molecular weight is 446 g/mol. The Hall–Kier alpha value is -3.87. The second-order valence-corrected chi connectivity index (χ2v) is 8.74. The molecule has 33 heavy (non-hydrogen) atoms. The van der Waals surface area contributed by atoms with Crippen LogP contribution in [-0.4, -0.2) is 21.0 Å². The van der Waals surface area contributed by atoms with E-state index in [1.54, 1.807) is 10.8 Å². The van der Waals surface area contributed by atoms with E-state index in [1.807, 2.05) is 66.9 Å². The number of esters is 1. The monoisotopic (exact) mass is 445 g/mol. The molecule has 0 saturated heterocycles. The SMILES string of the molecule is CC(C)(C)c1cn(C/C=C2\OC(=O)C(OCc3ccccc3)=C2OCc2ccccc2)nn1. The number of ether oxygens (including phenoxy) is 3. The lowest BCUT2D eigenvalue weighted by molar-refractivity contribution is -0.136. The van der Waals surface area contributed by atoms with Crippen molar-refractivity contribution in [3.8, 4) is 0 Å². The van der Waals surface area contributed by atoms with Gasteiger partial charge < -0.3 is 14.2 Å². The highest BCUT2D eigenvalue weighted by Gasteiger charge is 2.34. The van der Waals surface area contributed by atoms with Crippen molar-refractivity contribution in [2.75, 3.05) is 0 Å². The number of nitrogens with zero attached hydrogens (tertiary/aromatic N) is 3. The van der Waals surface area contributed by atoms with Crippen LogP contribution in [-0.2, 0) is 44.2 Å². The molecule has 3 aromatic rings. The molecular formula is C26H27N3O4. The van der Waals surface area contributed by atoms with Crippen molar-refractivity contribution in [1.29, 1.82) is 0 Å². The highest BCUT2D eigenvalue weighted by atomic mass is 16.6. The highest BCUT2D eigenvalue weighted by molar-refractivity contribution is 5.91. The van der Waals surface area contributed by atoms with Gasteiger partial charge in [-0.2, -0.15) is 0 Å². The first-order chi connectivity index (χ1) is 15.9. The number of carbonyl (C=O) groups is 1. The molecule has 0 N–H and O–H groups in total. The van der Waals surface area contributed by atoms with Crippen molar-refractivity contribution >= 4 is 5.97 Å². The lowest BCUT2D eigenvalue weighted by Gasteiger charge is -2.12. The minimum atomic E-state index is -0.575. The summed E-state index contributed by atoms with van der Waals surface area (Å²) in [6, 6.07) is 19.3. The van der Waals surface area contributed by atoms with Crippen molar-refractivity contribution in [3.05, 3.63) is 107 Å². The Kier molecular flexibility index (Phi) is 6.58. The van der Waals surface area contributed by atoms with E-state index >= 15 is 0 Å². The summed E-state index contributed by atoms with van der Waals surface area (Å²) in [4.78, 5) is 12.6. The van der Waals surface area contributed by atoms with Gasteiger partial charge in [-0.3, -0.25) is 0 Å². The maximum atomic E-state index is 12.6. The number of carbonyl (C=O) groups excluding carboxylic acids is 1. The van der Waals surface area contributed by atoms with Crippen LogP contribution in [0.15, 0.2) is 90.2 Å². The lowest BCUT2D eigenvalue weighted by Crippen LogP contribution is -2.11. The molecule has 0 fully saturated rings. The van der Waals surface area contributed by atoms with Gasteiger partial charge in [-0.1, -0.05) is 86.6 Å². The Balaban J connectivity index is 1.55. The number of hydrogen-bond acceptors (Lipinski definition) is 6. The van der Waals surface area contributed by atoms with E-state index in [2.05, 4.69) is 31.1 Å². The summed E-state index contributed by atoms with van der Waals surface area (Å²) in [5.74, 6) is 0.0898. The zero-order valence-corrected chi connectivity index (χ0v) is 19.0. The molecule has 4 rings (SSSR count). The van der Waals surface area contributed by atoms with Crippen LogP contribution in [0.1, 0.15) is 37.6 Å². The van der Waals surface area contributed by atoms with Crippen LogP contribution in [0, 0.1) is 0 Å². The first-order valence-electron chi connectivity index (χ1n) is 10.8. The van der Waals surface area contributed by atoms with Crippen molar-refractivity contribution in [2.45, 2.75) is 45.9 Å². The van der Waals surface area contributed by atoms with Crippen molar-refractivity contribution < 1.29 is 19.0 Å². The van der Waals surface area contributed by atoms with E-state index in [4.69, 9.17) is 14.2 Å². The first kappa shape index (κ1) is 22.3. The van der Waals surface area contributed by atoms with E-state index in [-0.39, 0.29) is 30.1 Å². The summed E-state index contributed by atoms with van der Waals surface area (Å²) < 4.78 is 19.0. The average Bonchev–Trinajstić information content (AvgIpc) is 3.41. The van der Waals surface area contributed by atoms with Gasteiger partial charge in [0.1, 0.15) is 13.2 Å². The number of hydrogen-bond donors (Lipinski definition) is 0. The summed E-state index contributed by atoms with van der Waals surface area (Å²) in [5, 5.41) is 8.40. The quantitative estimate of drug-likeness (QED) is 0.470. The Morgan fingerprint density at radius 1 is 0.909 bits per heavy atom. The highest BCUT2D eigenvalue weighted by Crippen LogP contribution is 2.30. The molecule has 0 spiro atoms. The van der Waals surface area contributed by atoms with Crippen LogP contribution in [0.25, 0.3) is 0 Å². The maximum absolute atomic E-state index is 12.6.